The fourth-order valence-corrected chi connectivity index (χ4v) is 1.49. The van der Waals surface area contributed by atoms with Crippen molar-refractivity contribution in [2.24, 2.45) is 11.7 Å². The van der Waals surface area contributed by atoms with Crippen molar-refractivity contribution >= 4 is 5.91 Å². The zero-order valence-corrected chi connectivity index (χ0v) is 10.1. The van der Waals surface area contributed by atoms with Gasteiger partial charge >= 0.3 is 0 Å². The summed E-state index contributed by atoms with van der Waals surface area (Å²) in [5.74, 6) is 0.190. The highest BCUT2D eigenvalue weighted by atomic mass is 16.3. The second-order valence-corrected chi connectivity index (χ2v) is 4.24. The standard InChI is InChI=1S/C12H20N2O2/c1-4-9(2)11(13)12(15)14(3)7-10-5-6-16-8-10/h5-6,8-9,11H,4,7,13H2,1-3H3. The van der Waals surface area contributed by atoms with Crippen molar-refractivity contribution in [3.63, 3.8) is 0 Å². The molecule has 90 valence electrons. The summed E-state index contributed by atoms with van der Waals surface area (Å²) in [6.07, 6.45) is 4.15. The molecule has 0 aliphatic carbocycles. The van der Waals surface area contributed by atoms with Crippen LogP contribution in [0.3, 0.4) is 0 Å². The van der Waals surface area contributed by atoms with Gasteiger partial charge in [-0.2, -0.15) is 0 Å². The molecule has 0 radical (unpaired) electrons. The van der Waals surface area contributed by atoms with Crippen molar-refractivity contribution in [1.82, 2.24) is 4.90 Å². The molecule has 4 nitrogen and oxygen atoms in total. The van der Waals surface area contributed by atoms with Crippen molar-refractivity contribution in [3.05, 3.63) is 24.2 Å². The van der Waals surface area contributed by atoms with E-state index in [1.54, 1.807) is 24.5 Å². The maximum atomic E-state index is 11.9. The minimum atomic E-state index is -0.415. The molecule has 0 saturated heterocycles. The number of carbonyl (C=O) groups is 1. The quantitative estimate of drug-likeness (QED) is 0.826. The van der Waals surface area contributed by atoms with E-state index in [0.29, 0.717) is 6.54 Å². The number of furan rings is 1. The lowest BCUT2D eigenvalue weighted by Crippen LogP contribution is -2.45. The highest BCUT2D eigenvalue weighted by molar-refractivity contribution is 5.81. The fraction of sp³-hybridized carbons (Fsp3) is 0.583. The average Bonchev–Trinajstić information content (AvgIpc) is 2.78. The van der Waals surface area contributed by atoms with Gasteiger partial charge in [-0.3, -0.25) is 4.79 Å². The molecule has 1 rings (SSSR count). The maximum absolute atomic E-state index is 11.9. The van der Waals surface area contributed by atoms with E-state index in [0.717, 1.165) is 12.0 Å². The smallest absolute Gasteiger partial charge is 0.239 e. The molecule has 2 unspecified atom stereocenters. The molecule has 1 aromatic heterocycles. The summed E-state index contributed by atoms with van der Waals surface area (Å²) in [5, 5.41) is 0. The van der Waals surface area contributed by atoms with Crippen molar-refractivity contribution in [2.75, 3.05) is 7.05 Å². The number of carbonyl (C=O) groups excluding carboxylic acids is 1. The van der Waals surface area contributed by atoms with Gasteiger partial charge in [0, 0.05) is 19.2 Å². The first-order valence-corrected chi connectivity index (χ1v) is 5.57. The third-order valence-corrected chi connectivity index (χ3v) is 2.92. The maximum Gasteiger partial charge on any atom is 0.239 e. The Balaban J connectivity index is 2.53. The van der Waals surface area contributed by atoms with Gasteiger partial charge in [-0.15, -0.1) is 0 Å². The van der Waals surface area contributed by atoms with Crippen LogP contribution in [0.15, 0.2) is 23.0 Å². The summed E-state index contributed by atoms with van der Waals surface area (Å²) in [6, 6.07) is 1.43. The van der Waals surface area contributed by atoms with Crippen LogP contribution in [0.1, 0.15) is 25.8 Å². The Morgan fingerprint density at radius 1 is 1.62 bits per heavy atom. The van der Waals surface area contributed by atoms with Crippen LogP contribution in [-0.4, -0.2) is 23.9 Å². The Morgan fingerprint density at radius 2 is 2.31 bits per heavy atom. The molecule has 0 aliphatic heterocycles. The summed E-state index contributed by atoms with van der Waals surface area (Å²) >= 11 is 0. The fourth-order valence-electron chi connectivity index (χ4n) is 1.49. The summed E-state index contributed by atoms with van der Waals surface area (Å²) in [4.78, 5) is 13.6. The van der Waals surface area contributed by atoms with Crippen molar-refractivity contribution < 1.29 is 9.21 Å². The second kappa shape index (κ2) is 5.70. The molecule has 4 heteroatoms. The SMILES string of the molecule is CCC(C)C(N)C(=O)N(C)Cc1ccoc1. The minimum absolute atomic E-state index is 0.0180. The van der Waals surface area contributed by atoms with Crippen LogP contribution in [0.5, 0.6) is 0 Å². The molecule has 1 aromatic rings. The Hall–Kier alpha value is -1.29. The highest BCUT2D eigenvalue weighted by Gasteiger charge is 2.22. The van der Waals surface area contributed by atoms with Crippen molar-refractivity contribution in [1.29, 1.82) is 0 Å². The third-order valence-electron chi connectivity index (χ3n) is 2.92. The van der Waals surface area contributed by atoms with Gasteiger partial charge in [-0.25, -0.2) is 0 Å². The lowest BCUT2D eigenvalue weighted by molar-refractivity contribution is -0.132. The number of amides is 1. The van der Waals surface area contributed by atoms with E-state index in [1.165, 1.54) is 0 Å². The molecule has 2 N–H and O–H groups in total. The van der Waals surface area contributed by atoms with Gasteiger partial charge < -0.3 is 15.1 Å². The number of rotatable bonds is 5. The Morgan fingerprint density at radius 3 is 2.81 bits per heavy atom. The Kier molecular flexibility index (Phi) is 4.55. The van der Waals surface area contributed by atoms with E-state index in [-0.39, 0.29) is 11.8 Å². The summed E-state index contributed by atoms with van der Waals surface area (Å²) in [7, 11) is 1.76. The first kappa shape index (κ1) is 12.8. The van der Waals surface area contributed by atoms with Gasteiger partial charge in [0.2, 0.25) is 5.91 Å². The van der Waals surface area contributed by atoms with Crippen LogP contribution >= 0.6 is 0 Å². The number of nitrogens with zero attached hydrogens (tertiary/aromatic N) is 1. The van der Waals surface area contributed by atoms with Crippen LogP contribution in [-0.2, 0) is 11.3 Å². The minimum Gasteiger partial charge on any atom is -0.472 e. The number of hydrogen-bond donors (Lipinski definition) is 1. The molecule has 2 atom stereocenters. The van der Waals surface area contributed by atoms with Crippen LogP contribution in [0.2, 0.25) is 0 Å². The molecular formula is C12H20N2O2. The molecule has 1 heterocycles. The zero-order chi connectivity index (χ0) is 12.1. The van der Waals surface area contributed by atoms with E-state index < -0.39 is 6.04 Å². The van der Waals surface area contributed by atoms with Gasteiger partial charge in [0.05, 0.1) is 18.6 Å². The summed E-state index contributed by atoms with van der Waals surface area (Å²) in [5.41, 5.74) is 6.87. The Bertz CT molecular complexity index is 322. The molecule has 0 spiro atoms. The predicted molar refractivity (Wildman–Crippen MR) is 62.6 cm³/mol. The van der Waals surface area contributed by atoms with Crippen LogP contribution in [0.25, 0.3) is 0 Å². The number of likely N-dealkylation sites (N-methyl/N-ethyl adjacent to an activating group) is 1. The summed E-state index contributed by atoms with van der Waals surface area (Å²) in [6.45, 7) is 4.57. The van der Waals surface area contributed by atoms with Crippen LogP contribution in [0, 0.1) is 5.92 Å². The largest absolute Gasteiger partial charge is 0.472 e. The van der Waals surface area contributed by atoms with E-state index in [4.69, 9.17) is 10.2 Å². The van der Waals surface area contributed by atoms with E-state index in [1.807, 2.05) is 19.9 Å². The number of nitrogens with two attached hydrogens (primary N) is 1. The van der Waals surface area contributed by atoms with Crippen LogP contribution in [0.4, 0.5) is 0 Å². The first-order chi connectivity index (χ1) is 7.56. The monoisotopic (exact) mass is 224 g/mol. The van der Waals surface area contributed by atoms with Gasteiger partial charge in [0.15, 0.2) is 0 Å². The molecule has 0 saturated carbocycles. The Labute approximate surface area is 96.4 Å². The third kappa shape index (κ3) is 3.10. The highest BCUT2D eigenvalue weighted by Crippen LogP contribution is 2.10. The van der Waals surface area contributed by atoms with Gasteiger partial charge in [0.1, 0.15) is 0 Å². The second-order valence-electron chi connectivity index (χ2n) is 4.24. The lowest BCUT2D eigenvalue weighted by atomic mass is 9.99. The van der Waals surface area contributed by atoms with Gasteiger partial charge in [-0.1, -0.05) is 20.3 Å². The molecular weight excluding hydrogens is 204 g/mol. The molecule has 0 aromatic carbocycles. The molecule has 16 heavy (non-hydrogen) atoms. The van der Waals surface area contributed by atoms with Crippen molar-refractivity contribution in [3.8, 4) is 0 Å². The molecule has 0 aliphatic rings. The topological polar surface area (TPSA) is 59.5 Å². The molecule has 1 amide bonds. The summed E-state index contributed by atoms with van der Waals surface area (Å²) < 4.78 is 4.96. The molecule has 0 bridgehead atoms. The first-order valence-electron chi connectivity index (χ1n) is 5.57. The number of hydrogen-bond acceptors (Lipinski definition) is 3. The van der Waals surface area contributed by atoms with E-state index in [9.17, 15) is 4.79 Å². The average molecular weight is 224 g/mol. The molecule has 0 fully saturated rings. The van der Waals surface area contributed by atoms with Crippen LogP contribution < -0.4 is 5.73 Å². The van der Waals surface area contributed by atoms with Gasteiger partial charge in [0.25, 0.3) is 0 Å². The van der Waals surface area contributed by atoms with E-state index in [2.05, 4.69) is 0 Å². The zero-order valence-electron chi connectivity index (χ0n) is 10.1. The van der Waals surface area contributed by atoms with E-state index >= 15 is 0 Å². The lowest BCUT2D eigenvalue weighted by Gasteiger charge is -2.24. The predicted octanol–water partition coefficient (Wildman–Crippen LogP) is 1.61. The van der Waals surface area contributed by atoms with Crippen molar-refractivity contribution in [2.45, 2.75) is 32.9 Å². The normalized spacial score (nSPS) is 14.5. The van der Waals surface area contributed by atoms with Gasteiger partial charge in [-0.05, 0) is 12.0 Å².